The molecule has 2 bridgehead atoms. The molecule has 2 saturated heterocycles. The molecule has 3 fully saturated rings. The summed E-state index contributed by atoms with van der Waals surface area (Å²) >= 11 is 0. The van der Waals surface area contributed by atoms with Gasteiger partial charge >= 0.3 is 0 Å². The SMILES string of the molecule is Br.Oc1ccc2c(c1)C1C3CCCC3C2N2CCCCC12. The minimum Gasteiger partial charge on any atom is -0.508 e. The van der Waals surface area contributed by atoms with Crippen LogP contribution in [0.25, 0.3) is 0 Å². The number of rotatable bonds is 0. The zero-order valence-corrected chi connectivity index (χ0v) is 14.1. The van der Waals surface area contributed by atoms with Crippen LogP contribution in [0.1, 0.15) is 61.6 Å². The summed E-state index contributed by atoms with van der Waals surface area (Å²) in [5.74, 6) is 2.96. The predicted octanol–water partition coefficient (Wildman–Crippen LogP) is 4.39. The van der Waals surface area contributed by atoms with E-state index in [0.29, 0.717) is 17.7 Å². The van der Waals surface area contributed by atoms with Gasteiger partial charge in [0, 0.05) is 18.0 Å². The molecule has 114 valence electrons. The van der Waals surface area contributed by atoms with Crippen molar-refractivity contribution in [1.29, 1.82) is 0 Å². The lowest BCUT2D eigenvalue weighted by Crippen LogP contribution is -2.58. The smallest absolute Gasteiger partial charge is 0.115 e. The topological polar surface area (TPSA) is 23.5 Å². The largest absolute Gasteiger partial charge is 0.508 e. The molecule has 1 N–H and O–H groups in total. The third-order valence-corrected chi connectivity index (χ3v) is 6.60. The van der Waals surface area contributed by atoms with Crippen molar-refractivity contribution < 1.29 is 5.11 Å². The standard InChI is InChI=1S/C18H23NO.BrH/c20-11-7-8-14-15(10-11)17-12-4-3-5-13(12)18(14)19-9-2-1-6-16(17)19;/h7-8,10,12-13,16-18,20H,1-6,9H2;1H. The summed E-state index contributed by atoms with van der Waals surface area (Å²) < 4.78 is 0. The number of hydrogen-bond donors (Lipinski definition) is 1. The van der Waals surface area contributed by atoms with Crippen LogP contribution in [0.15, 0.2) is 18.2 Å². The van der Waals surface area contributed by atoms with Crippen molar-refractivity contribution in [3.8, 4) is 5.75 Å². The Balaban J connectivity index is 0.00000115. The maximum atomic E-state index is 9.94. The molecule has 3 aliphatic heterocycles. The molecule has 5 atom stereocenters. The lowest BCUT2D eigenvalue weighted by atomic mass is 9.59. The highest BCUT2D eigenvalue weighted by molar-refractivity contribution is 8.93. The number of piperidine rings is 2. The van der Waals surface area contributed by atoms with E-state index in [1.54, 1.807) is 5.56 Å². The highest BCUT2D eigenvalue weighted by atomic mass is 79.9. The van der Waals surface area contributed by atoms with Crippen molar-refractivity contribution in [1.82, 2.24) is 4.90 Å². The summed E-state index contributed by atoms with van der Waals surface area (Å²) in [4.78, 5) is 2.85. The molecule has 21 heavy (non-hydrogen) atoms. The predicted molar refractivity (Wildman–Crippen MR) is 89.1 cm³/mol. The third-order valence-electron chi connectivity index (χ3n) is 6.60. The molecule has 0 spiro atoms. The number of nitrogens with zero attached hydrogens (tertiary/aromatic N) is 1. The van der Waals surface area contributed by atoms with E-state index in [4.69, 9.17) is 0 Å². The van der Waals surface area contributed by atoms with Gasteiger partial charge in [0.2, 0.25) is 0 Å². The Labute approximate surface area is 137 Å². The molecule has 0 radical (unpaired) electrons. The van der Waals surface area contributed by atoms with E-state index in [2.05, 4.69) is 17.0 Å². The first-order valence-electron chi connectivity index (χ1n) is 8.43. The first kappa shape index (κ1) is 14.1. The molecule has 2 aliphatic carbocycles. The van der Waals surface area contributed by atoms with Crippen molar-refractivity contribution in [3.63, 3.8) is 0 Å². The van der Waals surface area contributed by atoms with Crippen molar-refractivity contribution in [2.75, 3.05) is 6.54 Å². The van der Waals surface area contributed by atoms with Crippen molar-refractivity contribution >= 4 is 17.0 Å². The van der Waals surface area contributed by atoms with Crippen LogP contribution < -0.4 is 0 Å². The third kappa shape index (κ3) is 1.80. The maximum absolute atomic E-state index is 9.94. The number of benzene rings is 1. The first-order chi connectivity index (χ1) is 9.84. The Morgan fingerprint density at radius 1 is 0.952 bits per heavy atom. The summed E-state index contributed by atoms with van der Waals surface area (Å²) in [5.41, 5.74) is 3.05. The van der Waals surface area contributed by atoms with E-state index in [1.165, 1.54) is 50.6 Å². The van der Waals surface area contributed by atoms with E-state index < -0.39 is 0 Å². The van der Waals surface area contributed by atoms with Crippen LogP contribution in [0.3, 0.4) is 0 Å². The van der Waals surface area contributed by atoms with Crippen LogP contribution in [0.2, 0.25) is 0 Å². The van der Waals surface area contributed by atoms with E-state index in [1.807, 2.05) is 6.07 Å². The zero-order valence-electron chi connectivity index (χ0n) is 12.4. The van der Waals surface area contributed by atoms with Crippen LogP contribution in [0.4, 0.5) is 0 Å². The van der Waals surface area contributed by atoms with Crippen LogP contribution >= 0.6 is 17.0 Å². The van der Waals surface area contributed by atoms with E-state index in [0.717, 1.165) is 17.9 Å². The van der Waals surface area contributed by atoms with Crippen molar-refractivity contribution in [2.45, 2.75) is 56.5 Å². The number of aromatic hydroxyl groups is 1. The maximum Gasteiger partial charge on any atom is 0.115 e. The fourth-order valence-corrected chi connectivity index (χ4v) is 6.06. The Kier molecular flexibility index (Phi) is 3.34. The molecule has 1 aromatic carbocycles. The Hall–Kier alpha value is -0.540. The minimum atomic E-state index is 0. The second-order valence-electron chi connectivity index (χ2n) is 7.34. The van der Waals surface area contributed by atoms with Gasteiger partial charge in [-0.2, -0.15) is 0 Å². The molecule has 5 aliphatic rings. The molecule has 1 saturated carbocycles. The summed E-state index contributed by atoms with van der Waals surface area (Å²) in [5, 5.41) is 9.94. The molecular formula is C18H24BrNO. The highest BCUT2D eigenvalue weighted by Gasteiger charge is 2.56. The quantitative estimate of drug-likeness (QED) is 0.750. The van der Waals surface area contributed by atoms with Crippen LogP contribution in [-0.2, 0) is 0 Å². The fourth-order valence-electron chi connectivity index (χ4n) is 6.06. The molecule has 6 rings (SSSR count). The van der Waals surface area contributed by atoms with Gasteiger partial charge in [-0.15, -0.1) is 17.0 Å². The van der Waals surface area contributed by atoms with Gasteiger partial charge in [0.15, 0.2) is 0 Å². The van der Waals surface area contributed by atoms with Gasteiger partial charge in [-0.25, -0.2) is 0 Å². The molecule has 0 amide bonds. The second kappa shape index (κ2) is 4.99. The Bertz CT molecular complexity index is 560. The molecular weight excluding hydrogens is 326 g/mol. The molecule has 1 aromatic rings. The lowest BCUT2D eigenvalue weighted by molar-refractivity contribution is -0.0441. The Morgan fingerprint density at radius 3 is 2.71 bits per heavy atom. The van der Waals surface area contributed by atoms with Crippen LogP contribution in [0, 0.1) is 11.8 Å². The Morgan fingerprint density at radius 2 is 1.81 bits per heavy atom. The normalized spacial score (nSPS) is 40.1. The van der Waals surface area contributed by atoms with Crippen LogP contribution in [0.5, 0.6) is 5.75 Å². The lowest BCUT2D eigenvalue weighted by Gasteiger charge is -2.59. The monoisotopic (exact) mass is 349 g/mol. The number of phenolic OH excluding ortho intramolecular Hbond substituents is 1. The van der Waals surface area contributed by atoms with Gasteiger partial charge in [-0.3, -0.25) is 4.90 Å². The summed E-state index contributed by atoms with van der Waals surface area (Å²) in [6.07, 6.45) is 8.42. The van der Waals surface area contributed by atoms with E-state index in [9.17, 15) is 5.11 Å². The zero-order chi connectivity index (χ0) is 13.3. The molecule has 5 unspecified atom stereocenters. The second-order valence-corrected chi connectivity index (χ2v) is 7.34. The number of phenols is 1. The van der Waals surface area contributed by atoms with Gasteiger partial charge in [0.25, 0.3) is 0 Å². The van der Waals surface area contributed by atoms with E-state index in [-0.39, 0.29) is 17.0 Å². The number of hydrogen-bond acceptors (Lipinski definition) is 2. The van der Waals surface area contributed by atoms with Gasteiger partial charge < -0.3 is 5.11 Å². The van der Waals surface area contributed by atoms with E-state index >= 15 is 0 Å². The summed E-state index contributed by atoms with van der Waals surface area (Å²) in [7, 11) is 0. The molecule has 3 heterocycles. The van der Waals surface area contributed by atoms with Crippen molar-refractivity contribution in [2.24, 2.45) is 11.8 Å². The molecule has 2 nitrogen and oxygen atoms in total. The highest BCUT2D eigenvalue weighted by Crippen LogP contribution is 2.62. The van der Waals surface area contributed by atoms with Crippen molar-refractivity contribution in [3.05, 3.63) is 29.3 Å². The van der Waals surface area contributed by atoms with Crippen LogP contribution in [-0.4, -0.2) is 22.6 Å². The minimum absolute atomic E-state index is 0. The average Bonchev–Trinajstić information content (AvgIpc) is 2.96. The van der Waals surface area contributed by atoms with Gasteiger partial charge in [-0.1, -0.05) is 18.9 Å². The average molecular weight is 350 g/mol. The molecule has 0 aromatic heterocycles. The summed E-state index contributed by atoms with van der Waals surface area (Å²) in [6, 6.07) is 7.65. The fraction of sp³-hybridized carbons (Fsp3) is 0.667. The first-order valence-corrected chi connectivity index (χ1v) is 8.43. The molecule has 3 heteroatoms. The summed E-state index contributed by atoms with van der Waals surface area (Å²) in [6.45, 7) is 1.30. The number of halogens is 1. The van der Waals surface area contributed by atoms with Gasteiger partial charge in [0.1, 0.15) is 5.75 Å². The van der Waals surface area contributed by atoms with Gasteiger partial charge in [0.05, 0.1) is 0 Å². The van der Waals surface area contributed by atoms with Gasteiger partial charge in [-0.05, 0) is 67.3 Å².